The van der Waals surface area contributed by atoms with E-state index in [9.17, 15) is 4.79 Å². The number of carbonyl (C=O) groups is 1. The fourth-order valence-corrected chi connectivity index (χ4v) is 1.65. The first-order chi connectivity index (χ1) is 7.20. The van der Waals surface area contributed by atoms with Crippen molar-refractivity contribution in [2.24, 2.45) is 0 Å². The van der Waals surface area contributed by atoms with Gasteiger partial charge in [0, 0.05) is 6.54 Å². The molecule has 78 valence electrons. The standard InChI is InChI=1S/C11H12N2O2/c1-2-13-7-12-9-5-8(6-11(14)15)3-4-10(9)13/h3-5,7H,2,6H2,1H3,(H,14,15). The second kappa shape index (κ2) is 3.73. The predicted molar refractivity (Wildman–Crippen MR) is 56.7 cm³/mol. The molecule has 0 spiro atoms. The predicted octanol–water partition coefficient (Wildman–Crippen LogP) is 1.68. The first-order valence-electron chi connectivity index (χ1n) is 4.86. The summed E-state index contributed by atoms with van der Waals surface area (Å²) in [6, 6.07) is 5.59. The Hall–Kier alpha value is -1.84. The van der Waals surface area contributed by atoms with Crippen molar-refractivity contribution in [2.45, 2.75) is 19.9 Å². The molecule has 0 fully saturated rings. The maximum absolute atomic E-state index is 10.5. The molecule has 4 heteroatoms. The average Bonchev–Trinajstić information content (AvgIpc) is 2.58. The van der Waals surface area contributed by atoms with Crippen LogP contribution in [0.2, 0.25) is 0 Å². The monoisotopic (exact) mass is 204 g/mol. The Bertz CT molecular complexity index is 502. The summed E-state index contributed by atoms with van der Waals surface area (Å²) in [5.41, 5.74) is 2.69. The molecule has 0 bridgehead atoms. The van der Waals surface area contributed by atoms with E-state index in [1.807, 2.05) is 29.7 Å². The minimum atomic E-state index is -0.815. The third-order valence-electron chi connectivity index (χ3n) is 2.38. The van der Waals surface area contributed by atoms with Gasteiger partial charge in [0.1, 0.15) is 0 Å². The lowest BCUT2D eigenvalue weighted by Gasteiger charge is -2.00. The molecule has 2 aromatic rings. The molecule has 0 saturated carbocycles. The lowest BCUT2D eigenvalue weighted by molar-refractivity contribution is -0.136. The maximum atomic E-state index is 10.5. The van der Waals surface area contributed by atoms with Crippen LogP contribution in [0.15, 0.2) is 24.5 Å². The number of aryl methyl sites for hydroxylation is 1. The Morgan fingerprint density at radius 3 is 3.00 bits per heavy atom. The van der Waals surface area contributed by atoms with Crippen molar-refractivity contribution in [3.63, 3.8) is 0 Å². The largest absolute Gasteiger partial charge is 0.481 e. The minimum absolute atomic E-state index is 0.0505. The summed E-state index contributed by atoms with van der Waals surface area (Å²) < 4.78 is 2.03. The zero-order valence-electron chi connectivity index (χ0n) is 8.47. The lowest BCUT2D eigenvalue weighted by Crippen LogP contribution is -1.99. The molecule has 4 nitrogen and oxygen atoms in total. The Kier molecular flexibility index (Phi) is 2.41. The molecule has 2 rings (SSSR count). The van der Waals surface area contributed by atoms with Crippen molar-refractivity contribution in [1.82, 2.24) is 9.55 Å². The van der Waals surface area contributed by atoms with Gasteiger partial charge in [0.15, 0.2) is 0 Å². The Labute approximate surface area is 87.2 Å². The van der Waals surface area contributed by atoms with Crippen LogP contribution < -0.4 is 0 Å². The lowest BCUT2D eigenvalue weighted by atomic mass is 10.1. The minimum Gasteiger partial charge on any atom is -0.481 e. The fourth-order valence-electron chi connectivity index (χ4n) is 1.65. The van der Waals surface area contributed by atoms with E-state index in [1.54, 1.807) is 6.33 Å². The number of carboxylic acid groups (broad SMARTS) is 1. The highest BCUT2D eigenvalue weighted by molar-refractivity contribution is 5.78. The second-order valence-corrected chi connectivity index (χ2v) is 3.42. The van der Waals surface area contributed by atoms with E-state index in [1.165, 1.54) is 0 Å². The van der Waals surface area contributed by atoms with E-state index < -0.39 is 5.97 Å². The molecular weight excluding hydrogens is 192 g/mol. The summed E-state index contributed by atoms with van der Waals surface area (Å²) in [5.74, 6) is -0.815. The molecule has 0 radical (unpaired) electrons. The first-order valence-corrected chi connectivity index (χ1v) is 4.86. The molecule has 1 aromatic heterocycles. The zero-order valence-corrected chi connectivity index (χ0v) is 8.47. The third-order valence-corrected chi connectivity index (χ3v) is 2.38. The number of aliphatic carboxylic acids is 1. The molecule has 15 heavy (non-hydrogen) atoms. The van der Waals surface area contributed by atoms with Gasteiger partial charge in [0.2, 0.25) is 0 Å². The number of benzene rings is 1. The number of carboxylic acids is 1. The van der Waals surface area contributed by atoms with Crippen LogP contribution in [0.5, 0.6) is 0 Å². The van der Waals surface area contributed by atoms with E-state index in [0.717, 1.165) is 23.1 Å². The van der Waals surface area contributed by atoms with Gasteiger partial charge in [-0.15, -0.1) is 0 Å². The number of fused-ring (bicyclic) bond motifs is 1. The molecule has 0 unspecified atom stereocenters. The van der Waals surface area contributed by atoms with Gasteiger partial charge in [-0.3, -0.25) is 4.79 Å². The highest BCUT2D eigenvalue weighted by Gasteiger charge is 2.04. The number of hydrogen-bond acceptors (Lipinski definition) is 2. The van der Waals surface area contributed by atoms with E-state index in [4.69, 9.17) is 5.11 Å². The molecule has 0 aliphatic carbocycles. The summed E-state index contributed by atoms with van der Waals surface area (Å²) >= 11 is 0. The summed E-state index contributed by atoms with van der Waals surface area (Å²) in [7, 11) is 0. The van der Waals surface area contributed by atoms with Gasteiger partial charge in [-0.2, -0.15) is 0 Å². The summed E-state index contributed by atoms with van der Waals surface area (Å²) in [6.07, 6.45) is 1.82. The summed E-state index contributed by atoms with van der Waals surface area (Å²) in [4.78, 5) is 14.8. The smallest absolute Gasteiger partial charge is 0.307 e. The van der Waals surface area contributed by atoms with E-state index in [0.29, 0.717) is 0 Å². The van der Waals surface area contributed by atoms with Crippen LogP contribution in [-0.2, 0) is 17.8 Å². The molecular formula is C11H12N2O2. The van der Waals surface area contributed by atoms with Crippen LogP contribution >= 0.6 is 0 Å². The zero-order chi connectivity index (χ0) is 10.8. The first kappa shape index (κ1) is 9.71. The van der Waals surface area contributed by atoms with Gasteiger partial charge in [-0.1, -0.05) is 6.07 Å². The van der Waals surface area contributed by atoms with Gasteiger partial charge in [0.05, 0.1) is 23.8 Å². The molecule has 0 aliphatic heterocycles. The molecule has 0 atom stereocenters. The van der Waals surface area contributed by atoms with Crippen LogP contribution in [0.1, 0.15) is 12.5 Å². The maximum Gasteiger partial charge on any atom is 0.307 e. The van der Waals surface area contributed by atoms with E-state index in [-0.39, 0.29) is 6.42 Å². The molecule has 1 aromatic carbocycles. The van der Waals surface area contributed by atoms with E-state index in [2.05, 4.69) is 4.98 Å². The highest BCUT2D eigenvalue weighted by Crippen LogP contribution is 2.15. The Morgan fingerprint density at radius 2 is 2.33 bits per heavy atom. The molecule has 1 N–H and O–H groups in total. The van der Waals surface area contributed by atoms with Gasteiger partial charge in [-0.05, 0) is 24.6 Å². The summed E-state index contributed by atoms with van der Waals surface area (Å²) in [5, 5.41) is 8.66. The van der Waals surface area contributed by atoms with Crippen molar-refractivity contribution in [3.05, 3.63) is 30.1 Å². The molecule has 1 heterocycles. The van der Waals surface area contributed by atoms with Crippen molar-refractivity contribution >= 4 is 17.0 Å². The van der Waals surface area contributed by atoms with Crippen LogP contribution in [-0.4, -0.2) is 20.6 Å². The van der Waals surface area contributed by atoms with Gasteiger partial charge in [-0.25, -0.2) is 4.98 Å². The van der Waals surface area contributed by atoms with Crippen molar-refractivity contribution < 1.29 is 9.90 Å². The average molecular weight is 204 g/mol. The van der Waals surface area contributed by atoms with Crippen molar-refractivity contribution in [2.75, 3.05) is 0 Å². The van der Waals surface area contributed by atoms with E-state index >= 15 is 0 Å². The van der Waals surface area contributed by atoms with Gasteiger partial charge in [0.25, 0.3) is 0 Å². The van der Waals surface area contributed by atoms with Gasteiger partial charge < -0.3 is 9.67 Å². The second-order valence-electron chi connectivity index (χ2n) is 3.42. The number of nitrogens with zero attached hydrogens (tertiary/aromatic N) is 2. The topological polar surface area (TPSA) is 55.1 Å². The quantitative estimate of drug-likeness (QED) is 0.827. The number of imidazole rings is 1. The SMILES string of the molecule is CCn1cnc2cc(CC(=O)O)ccc21. The fraction of sp³-hybridized carbons (Fsp3) is 0.273. The Morgan fingerprint density at radius 1 is 1.53 bits per heavy atom. The van der Waals surface area contributed by atoms with Gasteiger partial charge >= 0.3 is 5.97 Å². The molecule has 0 amide bonds. The van der Waals surface area contributed by atoms with Crippen LogP contribution in [0, 0.1) is 0 Å². The third kappa shape index (κ3) is 1.83. The van der Waals surface area contributed by atoms with Crippen LogP contribution in [0.4, 0.5) is 0 Å². The Balaban J connectivity index is 2.44. The number of hydrogen-bond donors (Lipinski definition) is 1. The number of aromatic nitrogens is 2. The van der Waals surface area contributed by atoms with Crippen LogP contribution in [0.3, 0.4) is 0 Å². The summed E-state index contributed by atoms with van der Waals surface area (Å²) in [6.45, 7) is 2.92. The highest BCUT2D eigenvalue weighted by atomic mass is 16.4. The van der Waals surface area contributed by atoms with Crippen molar-refractivity contribution in [3.8, 4) is 0 Å². The number of rotatable bonds is 3. The normalized spacial score (nSPS) is 10.7. The molecule has 0 aliphatic rings. The van der Waals surface area contributed by atoms with Crippen LogP contribution in [0.25, 0.3) is 11.0 Å². The molecule has 0 saturated heterocycles. The van der Waals surface area contributed by atoms with Crippen molar-refractivity contribution in [1.29, 1.82) is 0 Å².